The lowest BCUT2D eigenvalue weighted by molar-refractivity contribution is 0.210. The summed E-state index contributed by atoms with van der Waals surface area (Å²) in [5.41, 5.74) is 0.829. The van der Waals surface area contributed by atoms with E-state index in [4.69, 9.17) is 4.74 Å². The molecule has 0 amide bonds. The molecule has 0 aliphatic carbocycles. The molecule has 3 heteroatoms. The minimum atomic E-state index is 0.178. The lowest BCUT2D eigenvalue weighted by Crippen LogP contribution is -2.17. The Balaban J connectivity index is 2.22. The number of pyridine rings is 1. The molecular weight excluding hydrogens is 176 g/mol. The van der Waals surface area contributed by atoms with E-state index in [1.54, 1.807) is 6.20 Å². The van der Waals surface area contributed by atoms with Crippen molar-refractivity contribution in [1.29, 1.82) is 0 Å². The summed E-state index contributed by atoms with van der Waals surface area (Å²) in [6.07, 6.45) is 2.94. The second-order valence-corrected chi connectivity index (χ2v) is 3.45. The summed E-state index contributed by atoms with van der Waals surface area (Å²) in [7, 11) is 0. The highest BCUT2D eigenvalue weighted by Gasteiger charge is 2.26. The van der Waals surface area contributed by atoms with Gasteiger partial charge in [-0.05, 0) is 25.5 Å². The molecule has 0 spiro atoms. The van der Waals surface area contributed by atoms with Crippen molar-refractivity contribution in [3.05, 3.63) is 30.1 Å². The van der Waals surface area contributed by atoms with E-state index in [9.17, 15) is 0 Å². The van der Waals surface area contributed by atoms with E-state index in [-0.39, 0.29) is 12.1 Å². The van der Waals surface area contributed by atoms with Gasteiger partial charge in [0, 0.05) is 6.20 Å². The summed E-state index contributed by atoms with van der Waals surface area (Å²) < 4.78 is 5.64. The van der Waals surface area contributed by atoms with Crippen molar-refractivity contribution >= 4 is 5.90 Å². The Morgan fingerprint density at radius 3 is 2.86 bits per heavy atom. The van der Waals surface area contributed by atoms with Crippen molar-refractivity contribution in [3.8, 4) is 0 Å². The lowest BCUT2D eigenvalue weighted by Gasteiger charge is -2.09. The van der Waals surface area contributed by atoms with Gasteiger partial charge in [-0.1, -0.05) is 13.0 Å². The van der Waals surface area contributed by atoms with Crippen LogP contribution in [0.25, 0.3) is 0 Å². The second-order valence-electron chi connectivity index (χ2n) is 3.45. The third kappa shape index (κ3) is 1.62. The number of aromatic nitrogens is 1. The SMILES string of the molecule is CCC1N=C(c2ccccn2)OC1C. The minimum absolute atomic E-state index is 0.178. The Hall–Kier alpha value is -1.38. The maximum Gasteiger partial charge on any atom is 0.236 e. The van der Waals surface area contributed by atoms with Gasteiger partial charge < -0.3 is 4.74 Å². The van der Waals surface area contributed by atoms with Crippen LogP contribution in [0.5, 0.6) is 0 Å². The fraction of sp³-hybridized carbons (Fsp3) is 0.455. The van der Waals surface area contributed by atoms with Gasteiger partial charge in [-0.25, -0.2) is 4.99 Å². The number of hydrogen-bond donors (Lipinski definition) is 0. The van der Waals surface area contributed by atoms with Crippen molar-refractivity contribution in [1.82, 2.24) is 4.98 Å². The molecule has 0 radical (unpaired) electrons. The molecule has 2 rings (SSSR count). The molecule has 0 fully saturated rings. The van der Waals surface area contributed by atoms with E-state index in [2.05, 4.69) is 16.9 Å². The van der Waals surface area contributed by atoms with Crippen molar-refractivity contribution in [2.45, 2.75) is 32.4 Å². The van der Waals surface area contributed by atoms with E-state index in [1.165, 1.54) is 0 Å². The van der Waals surface area contributed by atoms with Crippen LogP contribution in [0.15, 0.2) is 29.4 Å². The van der Waals surface area contributed by atoms with Gasteiger partial charge in [0.15, 0.2) is 0 Å². The molecule has 0 saturated heterocycles. The van der Waals surface area contributed by atoms with E-state index < -0.39 is 0 Å². The number of rotatable bonds is 2. The molecule has 0 aromatic carbocycles. The molecule has 2 heterocycles. The maximum atomic E-state index is 5.64. The fourth-order valence-electron chi connectivity index (χ4n) is 1.58. The first kappa shape index (κ1) is 9.19. The van der Waals surface area contributed by atoms with E-state index in [0.29, 0.717) is 5.90 Å². The van der Waals surface area contributed by atoms with Crippen LogP contribution in [0.4, 0.5) is 0 Å². The average molecular weight is 190 g/mol. The van der Waals surface area contributed by atoms with Crippen LogP contribution in [0, 0.1) is 0 Å². The third-order valence-electron chi connectivity index (χ3n) is 2.42. The van der Waals surface area contributed by atoms with E-state index >= 15 is 0 Å². The lowest BCUT2D eigenvalue weighted by atomic mass is 10.1. The Morgan fingerprint density at radius 2 is 2.29 bits per heavy atom. The topological polar surface area (TPSA) is 34.5 Å². The van der Waals surface area contributed by atoms with Crippen LogP contribution in [-0.2, 0) is 4.74 Å². The zero-order chi connectivity index (χ0) is 9.97. The van der Waals surface area contributed by atoms with Gasteiger partial charge in [0.25, 0.3) is 0 Å². The van der Waals surface area contributed by atoms with Crippen molar-refractivity contribution in [3.63, 3.8) is 0 Å². The Labute approximate surface area is 83.8 Å². The number of hydrogen-bond acceptors (Lipinski definition) is 3. The van der Waals surface area contributed by atoms with Crippen LogP contribution in [0.1, 0.15) is 26.0 Å². The van der Waals surface area contributed by atoms with E-state index in [0.717, 1.165) is 12.1 Å². The molecule has 1 aliphatic rings. The Bertz CT molecular complexity index is 334. The minimum Gasteiger partial charge on any atom is -0.471 e. The molecule has 0 bridgehead atoms. The van der Waals surface area contributed by atoms with Gasteiger partial charge in [-0.3, -0.25) is 4.98 Å². The van der Waals surface area contributed by atoms with Crippen LogP contribution >= 0.6 is 0 Å². The Morgan fingerprint density at radius 1 is 1.43 bits per heavy atom. The predicted octanol–water partition coefficient (Wildman–Crippen LogP) is 2.03. The average Bonchev–Trinajstić information content (AvgIpc) is 2.61. The summed E-state index contributed by atoms with van der Waals surface area (Å²) in [6, 6.07) is 6.04. The van der Waals surface area contributed by atoms with Gasteiger partial charge in [0.2, 0.25) is 5.90 Å². The molecule has 0 N–H and O–H groups in total. The molecule has 74 valence electrons. The molecule has 1 aliphatic heterocycles. The normalized spacial score (nSPS) is 25.7. The highest BCUT2D eigenvalue weighted by molar-refractivity contribution is 5.93. The molecule has 3 nitrogen and oxygen atoms in total. The number of ether oxygens (including phenoxy) is 1. The highest BCUT2D eigenvalue weighted by Crippen LogP contribution is 2.18. The second kappa shape index (κ2) is 3.78. The van der Waals surface area contributed by atoms with Crippen molar-refractivity contribution in [2.75, 3.05) is 0 Å². The molecular formula is C11H14N2O. The predicted molar refractivity (Wildman–Crippen MR) is 55.4 cm³/mol. The summed E-state index contributed by atoms with van der Waals surface area (Å²) in [6.45, 7) is 4.17. The highest BCUT2D eigenvalue weighted by atomic mass is 16.5. The largest absolute Gasteiger partial charge is 0.471 e. The summed E-state index contributed by atoms with van der Waals surface area (Å²) in [4.78, 5) is 8.70. The molecule has 0 saturated carbocycles. The molecule has 1 aromatic heterocycles. The molecule has 2 atom stereocenters. The molecule has 2 unspecified atom stereocenters. The monoisotopic (exact) mass is 190 g/mol. The van der Waals surface area contributed by atoms with Crippen LogP contribution in [0.3, 0.4) is 0 Å². The first-order valence-corrected chi connectivity index (χ1v) is 4.97. The van der Waals surface area contributed by atoms with E-state index in [1.807, 2.05) is 25.1 Å². The van der Waals surface area contributed by atoms with Crippen LogP contribution < -0.4 is 0 Å². The van der Waals surface area contributed by atoms with Gasteiger partial charge in [0.1, 0.15) is 11.8 Å². The summed E-state index contributed by atoms with van der Waals surface area (Å²) in [5.74, 6) is 0.685. The Kier molecular flexibility index (Phi) is 2.48. The maximum absolute atomic E-state index is 5.64. The van der Waals surface area contributed by atoms with Gasteiger partial charge in [-0.15, -0.1) is 0 Å². The molecule has 1 aromatic rings. The first-order valence-electron chi connectivity index (χ1n) is 4.97. The first-order chi connectivity index (χ1) is 6.81. The smallest absolute Gasteiger partial charge is 0.236 e. The number of nitrogens with zero attached hydrogens (tertiary/aromatic N) is 2. The summed E-state index contributed by atoms with van der Waals surface area (Å²) in [5, 5.41) is 0. The van der Waals surface area contributed by atoms with Gasteiger partial charge in [-0.2, -0.15) is 0 Å². The fourth-order valence-corrected chi connectivity index (χ4v) is 1.58. The number of aliphatic imine (C=N–C) groups is 1. The van der Waals surface area contributed by atoms with Crippen molar-refractivity contribution < 1.29 is 4.74 Å². The van der Waals surface area contributed by atoms with Crippen molar-refractivity contribution in [2.24, 2.45) is 4.99 Å². The third-order valence-corrected chi connectivity index (χ3v) is 2.42. The van der Waals surface area contributed by atoms with Crippen LogP contribution in [0.2, 0.25) is 0 Å². The zero-order valence-electron chi connectivity index (χ0n) is 8.47. The quantitative estimate of drug-likeness (QED) is 0.715. The molecule has 14 heavy (non-hydrogen) atoms. The van der Waals surface area contributed by atoms with Crippen LogP contribution in [-0.4, -0.2) is 23.0 Å². The van der Waals surface area contributed by atoms with Gasteiger partial charge >= 0.3 is 0 Å². The van der Waals surface area contributed by atoms with Gasteiger partial charge in [0.05, 0.1) is 6.04 Å². The zero-order valence-corrected chi connectivity index (χ0v) is 8.47. The summed E-state index contributed by atoms with van der Waals surface area (Å²) >= 11 is 0. The standard InChI is InChI=1S/C11H14N2O/c1-3-9-8(2)14-11(13-9)10-6-4-5-7-12-10/h4-9H,3H2,1-2H3.